The average Bonchev–Trinajstić information content (AvgIpc) is 2.89. The zero-order valence-corrected chi connectivity index (χ0v) is 10.9. The van der Waals surface area contributed by atoms with Crippen molar-refractivity contribution in [2.75, 3.05) is 0 Å². The standard InChI is InChI=1S/C15H11NO2S/c17-15(13-6-3-4-8-16-13)18-9-11-10-19-14-7-2-1-5-12(11)14/h1-8,10H,9H2. The van der Waals surface area contributed by atoms with Gasteiger partial charge in [-0.3, -0.25) is 0 Å². The average molecular weight is 269 g/mol. The molecule has 19 heavy (non-hydrogen) atoms. The molecule has 1 aromatic carbocycles. The Morgan fingerprint density at radius 1 is 1.16 bits per heavy atom. The van der Waals surface area contributed by atoms with Crippen LogP contribution in [0.25, 0.3) is 10.1 Å². The molecule has 2 heterocycles. The van der Waals surface area contributed by atoms with Crippen molar-refractivity contribution in [1.29, 1.82) is 0 Å². The van der Waals surface area contributed by atoms with Crippen molar-refractivity contribution in [2.45, 2.75) is 6.61 Å². The highest BCUT2D eigenvalue weighted by molar-refractivity contribution is 7.17. The smallest absolute Gasteiger partial charge is 0.357 e. The molecule has 0 unspecified atom stereocenters. The molecule has 94 valence electrons. The molecule has 0 bridgehead atoms. The van der Waals surface area contributed by atoms with E-state index in [-0.39, 0.29) is 6.61 Å². The summed E-state index contributed by atoms with van der Waals surface area (Å²) in [6, 6.07) is 13.3. The normalized spacial score (nSPS) is 10.5. The van der Waals surface area contributed by atoms with Gasteiger partial charge in [-0.2, -0.15) is 0 Å². The Labute approximate surface area is 114 Å². The van der Waals surface area contributed by atoms with Gasteiger partial charge in [-0.15, -0.1) is 11.3 Å². The van der Waals surface area contributed by atoms with Gasteiger partial charge in [-0.1, -0.05) is 24.3 Å². The highest BCUT2D eigenvalue weighted by atomic mass is 32.1. The quantitative estimate of drug-likeness (QED) is 0.681. The summed E-state index contributed by atoms with van der Waals surface area (Å²) in [5.41, 5.74) is 1.37. The predicted molar refractivity (Wildman–Crippen MR) is 75.2 cm³/mol. The van der Waals surface area contributed by atoms with Crippen LogP contribution in [0.2, 0.25) is 0 Å². The van der Waals surface area contributed by atoms with E-state index >= 15 is 0 Å². The first-order valence-electron chi connectivity index (χ1n) is 5.88. The van der Waals surface area contributed by atoms with Gasteiger partial charge in [0, 0.05) is 16.5 Å². The Hall–Kier alpha value is -2.20. The Morgan fingerprint density at radius 2 is 2.00 bits per heavy atom. The summed E-state index contributed by atoms with van der Waals surface area (Å²) in [5, 5.41) is 3.16. The number of thiophene rings is 1. The highest BCUT2D eigenvalue weighted by Crippen LogP contribution is 2.26. The van der Waals surface area contributed by atoms with Gasteiger partial charge in [0.25, 0.3) is 0 Å². The van der Waals surface area contributed by atoms with Crippen LogP contribution in [0.3, 0.4) is 0 Å². The summed E-state index contributed by atoms with van der Waals surface area (Å²) in [7, 11) is 0. The zero-order valence-electron chi connectivity index (χ0n) is 10.1. The number of aromatic nitrogens is 1. The summed E-state index contributed by atoms with van der Waals surface area (Å²) < 4.78 is 6.49. The first kappa shape index (κ1) is 11.9. The molecule has 0 radical (unpaired) electrons. The molecule has 0 spiro atoms. The molecule has 0 N–H and O–H groups in total. The molecular weight excluding hydrogens is 258 g/mol. The van der Waals surface area contributed by atoms with Crippen molar-refractivity contribution in [3.63, 3.8) is 0 Å². The van der Waals surface area contributed by atoms with E-state index in [9.17, 15) is 4.79 Å². The molecule has 0 fully saturated rings. The Morgan fingerprint density at radius 3 is 2.84 bits per heavy atom. The minimum atomic E-state index is -0.393. The number of carbonyl (C=O) groups excluding carboxylic acids is 1. The van der Waals surface area contributed by atoms with Crippen LogP contribution in [-0.4, -0.2) is 11.0 Å². The summed E-state index contributed by atoms with van der Waals surface area (Å²) in [5.74, 6) is -0.393. The molecule has 3 rings (SSSR count). The van der Waals surface area contributed by atoms with E-state index in [2.05, 4.69) is 11.1 Å². The molecule has 0 aliphatic rings. The van der Waals surface area contributed by atoms with Gasteiger partial charge in [-0.25, -0.2) is 9.78 Å². The van der Waals surface area contributed by atoms with Crippen LogP contribution in [0.5, 0.6) is 0 Å². The van der Waals surface area contributed by atoms with Crippen LogP contribution >= 0.6 is 11.3 Å². The van der Waals surface area contributed by atoms with Gasteiger partial charge in [0.1, 0.15) is 12.3 Å². The summed E-state index contributed by atoms with van der Waals surface area (Å²) in [6.45, 7) is 0.277. The van der Waals surface area contributed by atoms with Crippen LogP contribution in [0, 0.1) is 0 Å². The molecule has 3 nitrogen and oxygen atoms in total. The van der Waals surface area contributed by atoms with E-state index in [0.717, 1.165) is 10.9 Å². The Balaban J connectivity index is 1.75. The number of fused-ring (bicyclic) bond motifs is 1. The monoisotopic (exact) mass is 269 g/mol. The van der Waals surface area contributed by atoms with Crippen LogP contribution in [-0.2, 0) is 11.3 Å². The lowest BCUT2D eigenvalue weighted by Crippen LogP contribution is -2.06. The number of pyridine rings is 1. The van der Waals surface area contributed by atoms with Crippen molar-refractivity contribution in [3.05, 3.63) is 65.3 Å². The first-order valence-corrected chi connectivity index (χ1v) is 6.76. The van der Waals surface area contributed by atoms with Crippen LogP contribution < -0.4 is 0 Å². The topological polar surface area (TPSA) is 39.2 Å². The van der Waals surface area contributed by atoms with E-state index in [1.165, 1.54) is 4.70 Å². The van der Waals surface area contributed by atoms with Crippen molar-refractivity contribution in [3.8, 4) is 0 Å². The van der Waals surface area contributed by atoms with E-state index in [0.29, 0.717) is 5.69 Å². The molecule has 0 amide bonds. The van der Waals surface area contributed by atoms with Gasteiger partial charge < -0.3 is 4.74 Å². The van der Waals surface area contributed by atoms with Gasteiger partial charge >= 0.3 is 5.97 Å². The van der Waals surface area contributed by atoms with Crippen molar-refractivity contribution < 1.29 is 9.53 Å². The fourth-order valence-corrected chi connectivity index (χ4v) is 2.79. The van der Waals surface area contributed by atoms with E-state index in [1.807, 2.05) is 23.6 Å². The van der Waals surface area contributed by atoms with Crippen LogP contribution in [0.1, 0.15) is 16.1 Å². The molecule has 0 aliphatic carbocycles. The number of rotatable bonds is 3. The minimum absolute atomic E-state index is 0.277. The Bertz CT molecular complexity index is 706. The van der Waals surface area contributed by atoms with E-state index < -0.39 is 5.97 Å². The summed E-state index contributed by atoms with van der Waals surface area (Å²) in [6.07, 6.45) is 1.58. The van der Waals surface area contributed by atoms with Crippen molar-refractivity contribution >= 4 is 27.4 Å². The second kappa shape index (κ2) is 5.20. The number of esters is 1. The molecule has 2 aromatic heterocycles. The lowest BCUT2D eigenvalue weighted by Gasteiger charge is -2.03. The molecule has 0 atom stereocenters. The number of hydrogen-bond donors (Lipinski definition) is 0. The third-order valence-electron chi connectivity index (χ3n) is 2.79. The van der Waals surface area contributed by atoms with Crippen LogP contribution in [0.15, 0.2) is 54.0 Å². The second-order valence-corrected chi connectivity index (χ2v) is 4.96. The molecule has 0 saturated carbocycles. The lowest BCUT2D eigenvalue weighted by atomic mass is 10.2. The van der Waals surface area contributed by atoms with E-state index in [4.69, 9.17) is 4.74 Å². The van der Waals surface area contributed by atoms with Gasteiger partial charge in [0.05, 0.1) is 0 Å². The maximum atomic E-state index is 11.8. The molecule has 0 aliphatic heterocycles. The second-order valence-electron chi connectivity index (χ2n) is 4.05. The maximum absolute atomic E-state index is 11.8. The maximum Gasteiger partial charge on any atom is 0.357 e. The van der Waals surface area contributed by atoms with Crippen molar-refractivity contribution in [1.82, 2.24) is 4.98 Å². The molecular formula is C15H11NO2S. The number of ether oxygens (including phenoxy) is 1. The van der Waals surface area contributed by atoms with Crippen LogP contribution in [0.4, 0.5) is 0 Å². The minimum Gasteiger partial charge on any atom is -0.456 e. The van der Waals surface area contributed by atoms with Gasteiger partial charge in [0.2, 0.25) is 0 Å². The SMILES string of the molecule is O=C(OCc1csc2ccccc12)c1ccccn1. The first-order chi connectivity index (χ1) is 9.34. The number of benzene rings is 1. The van der Waals surface area contributed by atoms with E-state index in [1.54, 1.807) is 35.7 Å². The molecule has 3 aromatic rings. The number of hydrogen-bond acceptors (Lipinski definition) is 4. The third kappa shape index (κ3) is 2.48. The number of carbonyl (C=O) groups is 1. The van der Waals surface area contributed by atoms with Gasteiger partial charge in [0.15, 0.2) is 0 Å². The fourth-order valence-electron chi connectivity index (χ4n) is 1.85. The Kier molecular flexibility index (Phi) is 3.25. The zero-order chi connectivity index (χ0) is 13.1. The predicted octanol–water partition coefficient (Wildman–Crippen LogP) is 3.65. The third-order valence-corrected chi connectivity index (χ3v) is 3.81. The van der Waals surface area contributed by atoms with Gasteiger partial charge in [-0.05, 0) is 29.0 Å². The van der Waals surface area contributed by atoms with Crippen molar-refractivity contribution in [2.24, 2.45) is 0 Å². The molecule has 4 heteroatoms. The molecule has 0 saturated heterocycles. The number of nitrogens with zero attached hydrogens (tertiary/aromatic N) is 1. The highest BCUT2D eigenvalue weighted by Gasteiger charge is 2.10. The fraction of sp³-hybridized carbons (Fsp3) is 0.0667. The lowest BCUT2D eigenvalue weighted by molar-refractivity contribution is 0.0468. The summed E-state index contributed by atoms with van der Waals surface area (Å²) in [4.78, 5) is 15.8. The summed E-state index contributed by atoms with van der Waals surface area (Å²) >= 11 is 1.65. The largest absolute Gasteiger partial charge is 0.456 e.